The van der Waals surface area contributed by atoms with Gasteiger partial charge in [-0.2, -0.15) is 0 Å². The molecule has 1 aliphatic heterocycles. The molecule has 0 saturated carbocycles. The molecule has 0 spiro atoms. The zero-order valence-corrected chi connectivity index (χ0v) is 10.7. The zero-order valence-electron chi connectivity index (χ0n) is 10.7. The fourth-order valence-corrected chi connectivity index (χ4v) is 1.86. The van der Waals surface area contributed by atoms with Crippen molar-refractivity contribution in [1.29, 1.82) is 0 Å². The molecule has 0 bridgehead atoms. The average Bonchev–Trinajstić information content (AvgIpc) is 2.62. The summed E-state index contributed by atoms with van der Waals surface area (Å²) in [6, 6.07) is 0.0437. The number of hydrogen-bond acceptors (Lipinski definition) is 3. The van der Waals surface area contributed by atoms with E-state index in [1.807, 2.05) is 4.90 Å². The topological polar surface area (TPSA) is 50.8 Å². The van der Waals surface area contributed by atoms with Crippen LogP contribution >= 0.6 is 0 Å². The Labute approximate surface area is 103 Å². The van der Waals surface area contributed by atoms with Gasteiger partial charge in [-0.15, -0.1) is 0 Å². The molecule has 2 amide bonds. The van der Waals surface area contributed by atoms with Crippen LogP contribution in [0.4, 0.5) is 4.79 Å². The molecule has 1 fully saturated rings. The molecule has 1 N–H and O–H groups in total. The normalized spacial score (nSPS) is 16.6. The highest BCUT2D eigenvalue weighted by Crippen LogP contribution is 2.09. The first-order valence-corrected chi connectivity index (χ1v) is 6.44. The fourth-order valence-electron chi connectivity index (χ4n) is 1.86. The number of methoxy groups -OCH3 is 1. The first kappa shape index (κ1) is 14.3. The van der Waals surface area contributed by atoms with Crippen molar-refractivity contribution in [2.75, 3.05) is 46.6 Å². The Morgan fingerprint density at radius 3 is 2.47 bits per heavy atom. The third-order valence-electron chi connectivity index (χ3n) is 2.85. The van der Waals surface area contributed by atoms with Crippen molar-refractivity contribution in [3.63, 3.8) is 0 Å². The van der Waals surface area contributed by atoms with E-state index in [0.29, 0.717) is 26.4 Å². The van der Waals surface area contributed by atoms with Crippen LogP contribution in [0, 0.1) is 0 Å². The van der Waals surface area contributed by atoms with Gasteiger partial charge >= 0.3 is 6.03 Å². The van der Waals surface area contributed by atoms with Gasteiger partial charge < -0.3 is 19.7 Å². The molecule has 1 saturated heterocycles. The number of ether oxygens (including phenoxy) is 2. The van der Waals surface area contributed by atoms with Crippen molar-refractivity contribution in [3.8, 4) is 0 Å². The molecule has 0 radical (unpaired) electrons. The summed E-state index contributed by atoms with van der Waals surface area (Å²) in [6.45, 7) is 4.06. The maximum Gasteiger partial charge on any atom is 0.317 e. The first-order valence-electron chi connectivity index (χ1n) is 6.44. The Morgan fingerprint density at radius 2 is 1.82 bits per heavy atom. The Hall–Kier alpha value is -0.810. The molecule has 0 aromatic carbocycles. The average molecular weight is 244 g/mol. The summed E-state index contributed by atoms with van der Waals surface area (Å²) in [5.41, 5.74) is 0. The molecule has 100 valence electrons. The van der Waals surface area contributed by atoms with Gasteiger partial charge in [0.15, 0.2) is 0 Å². The number of urea groups is 1. The Balaban J connectivity index is 2.03. The van der Waals surface area contributed by atoms with E-state index in [-0.39, 0.29) is 6.03 Å². The molecule has 1 aliphatic rings. The van der Waals surface area contributed by atoms with Gasteiger partial charge in [0.1, 0.15) is 0 Å². The zero-order chi connectivity index (χ0) is 12.3. The smallest absolute Gasteiger partial charge is 0.317 e. The molecular weight excluding hydrogens is 220 g/mol. The predicted molar refractivity (Wildman–Crippen MR) is 66.1 cm³/mol. The Morgan fingerprint density at radius 1 is 1.12 bits per heavy atom. The molecule has 5 heteroatoms. The molecule has 17 heavy (non-hydrogen) atoms. The lowest BCUT2D eigenvalue weighted by atomic mass is 10.2. The number of nitrogens with zero attached hydrogens (tertiary/aromatic N) is 1. The van der Waals surface area contributed by atoms with Crippen LogP contribution in [0.3, 0.4) is 0 Å². The van der Waals surface area contributed by atoms with Crippen LogP contribution in [-0.2, 0) is 9.47 Å². The van der Waals surface area contributed by atoms with Gasteiger partial charge in [-0.1, -0.05) is 12.8 Å². The van der Waals surface area contributed by atoms with E-state index in [4.69, 9.17) is 9.47 Å². The lowest BCUT2D eigenvalue weighted by Gasteiger charge is -2.20. The second kappa shape index (κ2) is 9.24. The molecule has 0 unspecified atom stereocenters. The summed E-state index contributed by atoms with van der Waals surface area (Å²) in [6.07, 6.45) is 4.73. The van der Waals surface area contributed by atoms with Crippen molar-refractivity contribution in [2.24, 2.45) is 0 Å². The number of amides is 2. The molecule has 0 aromatic rings. The van der Waals surface area contributed by atoms with Gasteiger partial charge in [-0.25, -0.2) is 4.79 Å². The lowest BCUT2D eigenvalue weighted by molar-refractivity contribution is 0.0721. The minimum absolute atomic E-state index is 0.0437. The van der Waals surface area contributed by atoms with Crippen molar-refractivity contribution in [3.05, 3.63) is 0 Å². The van der Waals surface area contributed by atoms with E-state index in [1.165, 1.54) is 12.8 Å². The quantitative estimate of drug-likeness (QED) is 0.715. The van der Waals surface area contributed by atoms with Crippen molar-refractivity contribution < 1.29 is 14.3 Å². The third-order valence-corrected chi connectivity index (χ3v) is 2.85. The standard InChI is InChI=1S/C12H24N2O3/c1-16-10-11-17-9-6-13-12(15)14-7-4-2-3-5-8-14/h2-11H2,1H3,(H,13,15). The minimum Gasteiger partial charge on any atom is -0.382 e. The molecular formula is C12H24N2O3. The van der Waals surface area contributed by atoms with Gasteiger partial charge in [0, 0.05) is 26.7 Å². The number of likely N-dealkylation sites (tertiary alicyclic amines) is 1. The number of carbonyl (C=O) groups excluding carboxylic acids is 1. The van der Waals surface area contributed by atoms with Gasteiger partial charge in [0.05, 0.1) is 19.8 Å². The number of carbonyl (C=O) groups is 1. The minimum atomic E-state index is 0.0437. The monoisotopic (exact) mass is 244 g/mol. The van der Waals surface area contributed by atoms with E-state index in [2.05, 4.69) is 5.32 Å². The highest BCUT2D eigenvalue weighted by atomic mass is 16.5. The van der Waals surface area contributed by atoms with E-state index >= 15 is 0 Å². The molecule has 5 nitrogen and oxygen atoms in total. The molecule has 0 atom stereocenters. The van der Waals surface area contributed by atoms with Crippen molar-refractivity contribution in [1.82, 2.24) is 10.2 Å². The van der Waals surface area contributed by atoms with Crippen LogP contribution in [0.5, 0.6) is 0 Å². The number of nitrogens with one attached hydrogen (secondary N) is 1. The summed E-state index contributed by atoms with van der Waals surface area (Å²) in [4.78, 5) is 13.7. The predicted octanol–water partition coefficient (Wildman–Crippen LogP) is 1.23. The Bertz CT molecular complexity index is 204. The molecule has 0 aromatic heterocycles. The van der Waals surface area contributed by atoms with E-state index < -0.39 is 0 Å². The van der Waals surface area contributed by atoms with Gasteiger partial charge in [-0.05, 0) is 12.8 Å². The highest BCUT2D eigenvalue weighted by Gasteiger charge is 2.14. The summed E-state index contributed by atoms with van der Waals surface area (Å²) in [5, 5.41) is 2.88. The second-order valence-corrected chi connectivity index (χ2v) is 4.24. The summed E-state index contributed by atoms with van der Waals surface area (Å²) in [5.74, 6) is 0. The van der Waals surface area contributed by atoms with Crippen LogP contribution in [0.15, 0.2) is 0 Å². The number of rotatable bonds is 6. The van der Waals surface area contributed by atoms with Crippen LogP contribution in [0.25, 0.3) is 0 Å². The number of hydrogen-bond donors (Lipinski definition) is 1. The van der Waals surface area contributed by atoms with Crippen molar-refractivity contribution in [2.45, 2.75) is 25.7 Å². The highest BCUT2D eigenvalue weighted by molar-refractivity contribution is 5.74. The largest absolute Gasteiger partial charge is 0.382 e. The van der Waals surface area contributed by atoms with Crippen LogP contribution < -0.4 is 5.32 Å². The maximum atomic E-state index is 11.8. The Kier molecular flexibility index (Phi) is 7.75. The summed E-state index contributed by atoms with van der Waals surface area (Å²) >= 11 is 0. The molecule has 0 aliphatic carbocycles. The van der Waals surface area contributed by atoms with Crippen LogP contribution in [0.1, 0.15) is 25.7 Å². The SMILES string of the molecule is COCCOCCNC(=O)N1CCCCCC1. The van der Waals surface area contributed by atoms with Gasteiger partial charge in [0.2, 0.25) is 0 Å². The maximum absolute atomic E-state index is 11.8. The molecule has 1 rings (SSSR count). The third kappa shape index (κ3) is 6.48. The van der Waals surface area contributed by atoms with Gasteiger partial charge in [-0.3, -0.25) is 0 Å². The summed E-state index contributed by atoms with van der Waals surface area (Å²) in [7, 11) is 1.64. The van der Waals surface area contributed by atoms with Crippen LogP contribution in [-0.4, -0.2) is 57.5 Å². The van der Waals surface area contributed by atoms with E-state index in [9.17, 15) is 4.79 Å². The second-order valence-electron chi connectivity index (χ2n) is 4.24. The van der Waals surface area contributed by atoms with Crippen LogP contribution in [0.2, 0.25) is 0 Å². The van der Waals surface area contributed by atoms with Crippen molar-refractivity contribution >= 4 is 6.03 Å². The lowest BCUT2D eigenvalue weighted by Crippen LogP contribution is -2.41. The summed E-state index contributed by atoms with van der Waals surface area (Å²) < 4.78 is 10.1. The fraction of sp³-hybridized carbons (Fsp3) is 0.917. The van der Waals surface area contributed by atoms with Gasteiger partial charge in [0.25, 0.3) is 0 Å². The van der Waals surface area contributed by atoms with E-state index in [1.54, 1.807) is 7.11 Å². The van der Waals surface area contributed by atoms with E-state index in [0.717, 1.165) is 25.9 Å². The first-order chi connectivity index (χ1) is 8.34. The molecule has 1 heterocycles.